The van der Waals surface area contributed by atoms with Gasteiger partial charge in [0.1, 0.15) is 0 Å². The normalized spacial score (nSPS) is 21.0. The molecule has 0 aliphatic carbocycles. The first-order valence-corrected chi connectivity index (χ1v) is 10.6. The molecule has 1 N–H and O–H groups in total. The van der Waals surface area contributed by atoms with Gasteiger partial charge < -0.3 is 9.72 Å². The third-order valence-electron chi connectivity index (χ3n) is 5.71. The van der Waals surface area contributed by atoms with Gasteiger partial charge in [0.2, 0.25) is 0 Å². The zero-order valence-corrected chi connectivity index (χ0v) is 17.5. The predicted octanol–water partition coefficient (Wildman–Crippen LogP) is 5.48. The molecule has 2 aliphatic rings. The fraction of sp³-hybridized carbons (Fsp3) is 0.609. The van der Waals surface area contributed by atoms with Gasteiger partial charge in [0.05, 0.1) is 13.2 Å². The van der Waals surface area contributed by atoms with Crippen molar-refractivity contribution in [3.8, 4) is 0 Å². The number of rotatable bonds is 4. The molecule has 4 heteroatoms. The van der Waals surface area contributed by atoms with Crippen molar-refractivity contribution >= 4 is 17.4 Å². The van der Waals surface area contributed by atoms with Crippen LogP contribution in [0.15, 0.2) is 24.3 Å². The Morgan fingerprint density at radius 2 is 2.00 bits per heavy atom. The van der Waals surface area contributed by atoms with Gasteiger partial charge in [-0.05, 0) is 43.4 Å². The Labute approximate surface area is 164 Å². The summed E-state index contributed by atoms with van der Waals surface area (Å²) < 4.78 is 3.86. The van der Waals surface area contributed by atoms with Gasteiger partial charge in [0.25, 0.3) is 6.47 Å². The summed E-state index contributed by atoms with van der Waals surface area (Å²) in [4.78, 5) is 15.4. The van der Waals surface area contributed by atoms with Crippen LogP contribution in [-0.4, -0.2) is 36.6 Å². The molecular formula is C23H36N2O2. The number of nitrogens with zero attached hydrogens (tertiary/aromatic N) is 1. The smallest absolute Gasteiger partial charge is 0.292 e. The number of methoxy groups -OCH3 is 1. The SMILES string of the molecule is CC.CCCC[C@@H]1CCN2CCc3c([nH]c4ccccc34)C2C1.COC=O. The van der Waals surface area contributed by atoms with Gasteiger partial charge in [0, 0.05) is 23.1 Å². The predicted molar refractivity (Wildman–Crippen MR) is 113 cm³/mol. The van der Waals surface area contributed by atoms with Crippen LogP contribution >= 0.6 is 0 Å². The van der Waals surface area contributed by atoms with E-state index >= 15 is 0 Å². The number of piperidine rings is 1. The van der Waals surface area contributed by atoms with Crippen LogP contribution < -0.4 is 0 Å². The second-order valence-corrected chi connectivity index (χ2v) is 7.23. The van der Waals surface area contributed by atoms with E-state index < -0.39 is 0 Å². The van der Waals surface area contributed by atoms with Crippen LogP contribution in [0.5, 0.6) is 0 Å². The van der Waals surface area contributed by atoms with Crippen molar-refractivity contribution in [2.45, 2.75) is 65.3 Å². The molecule has 1 unspecified atom stereocenters. The number of fused-ring (bicyclic) bond motifs is 5. The highest BCUT2D eigenvalue weighted by Gasteiger charge is 2.35. The molecule has 1 aromatic carbocycles. The molecule has 3 heterocycles. The third kappa shape index (κ3) is 5.13. The highest BCUT2D eigenvalue weighted by atomic mass is 16.5. The minimum atomic E-state index is 0.375. The Kier molecular flexibility index (Phi) is 8.86. The fourth-order valence-electron chi connectivity index (χ4n) is 4.44. The molecule has 2 aliphatic heterocycles. The highest BCUT2D eigenvalue weighted by molar-refractivity contribution is 5.85. The Bertz CT molecular complexity index is 695. The Morgan fingerprint density at radius 1 is 1.26 bits per heavy atom. The molecule has 0 spiro atoms. The van der Waals surface area contributed by atoms with Crippen molar-refractivity contribution < 1.29 is 9.53 Å². The van der Waals surface area contributed by atoms with Crippen LogP contribution in [0, 0.1) is 5.92 Å². The maximum atomic E-state index is 8.95. The van der Waals surface area contributed by atoms with Gasteiger partial charge in [-0.3, -0.25) is 9.69 Å². The molecule has 0 radical (unpaired) electrons. The number of benzene rings is 1. The van der Waals surface area contributed by atoms with Crippen LogP contribution in [0.3, 0.4) is 0 Å². The van der Waals surface area contributed by atoms with Crippen LogP contribution in [0.2, 0.25) is 0 Å². The van der Waals surface area contributed by atoms with Gasteiger partial charge in [0.15, 0.2) is 0 Å². The molecule has 4 nitrogen and oxygen atoms in total. The van der Waals surface area contributed by atoms with E-state index in [-0.39, 0.29) is 0 Å². The average Bonchev–Trinajstić information content (AvgIpc) is 3.13. The number of para-hydroxylation sites is 1. The van der Waals surface area contributed by atoms with Gasteiger partial charge in [-0.15, -0.1) is 0 Å². The fourth-order valence-corrected chi connectivity index (χ4v) is 4.44. The largest absolute Gasteiger partial charge is 0.471 e. The third-order valence-corrected chi connectivity index (χ3v) is 5.71. The quantitative estimate of drug-likeness (QED) is 0.723. The summed E-state index contributed by atoms with van der Waals surface area (Å²) in [6.45, 7) is 9.24. The standard InChI is InChI=1S/C19H26N2.C2H4O2.C2H6/c1-2-3-6-14-9-11-21-12-10-16-15-7-4-5-8-17(15)20-19(16)18(21)13-14;1-4-2-3;1-2/h4-5,7-8,14,18,20H,2-3,6,9-13H2,1H3;2H,1H3;1-2H3/t14-,18?;;/m1../s1. The van der Waals surface area contributed by atoms with E-state index in [9.17, 15) is 0 Å². The van der Waals surface area contributed by atoms with Crippen molar-refractivity contribution in [3.63, 3.8) is 0 Å². The Hall–Kier alpha value is -1.81. The lowest BCUT2D eigenvalue weighted by Crippen LogP contribution is -2.41. The molecule has 1 saturated heterocycles. The minimum absolute atomic E-state index is 0.375. The minimum Gasteiger partial charge on any atom is -0.471 e. The highest BCUT2D eigenvalue weighted by Crippen LogP contribution is 2.42. The van der Waals surface area contributed by atoms with E-state index in [1.165, 1.54) is 75.3 Å². The molecule has 2 aromatic rings. The summed E-state index contributed by atoms with van der Waals surface area (Å²) in [7, 11) is 1.31. The molecule has 2 atom stereocenters. The van der Waals surface area contributed by atoms with Crippen molar-refractivity contribution in [2.24, 2.45) is 5.92 Å². The summed E-state index contributed by atoms with van der Waals surface area (Å²) >= 11 is 0. The second-order valence-electron chi connectivity index (χ2n) is 7.23. The summed E-state index contributed by atoms with van der Waals surface area (Å²) in [5.41, 5.74) is 4.46. The first kappa shape index (κ1) is 21.5. The first-order chi connectivity index (χ1) is 13.3. The number of aromatic nitrogens is 1. The summed E-state index contributed by atoms with van der Waals surface area (Å²) in [6, 6.07) is 9.49. The van der Waals surface area contributed by atoms with Gasteiger partial charge in [-0.1, -0.05) is 58.2 Å². The lowest BCUT2D eigenvalue weighted by molar-refractivity contribution is -0.126. The second kappa shape index (κ2) is 11.1. The molecule has 1 fully saturated rings. The molecule has 4 rings (SSSR count). The number of aromatic amines is 1. The van der Waals surface area contributed by atoms with Crippen LogP contribution in [0.4, 0.5) is 0 Å². The molecule has 0 saturated carbocycles. The van der Waals surface area contributed by atoms with Gasteiger partial charge in [-0.25, -0.2) is 0 Å². The number of hydrogen-bond acceptors (Lipinski definition) is 3. The maximum absolute atomic E-state index is 8.95. The number of ether oxygens (including phenoxy) is 1. The molecule has 27 heavy (non-hydrogen) atoms. The molecule has 0 bridgehead atoms. The molecular weight excluding hydrogens is 336 g/mol. The van der Waals surface area contributed by atoms with Crippen molar-refractivity contribution in [1.29, 1.82) is 0 Å². The van der Waals surface area contributed by atoms with E-state index in [0.29, 0.717) is 12.5 Å². The number of hydrogen-bond donors (Lipinski definition) is 1. The summed E-state index contributed by atoms with van der Waals surface area (Å²) in [5.74, 6) is 0.934. The molecule has 1 aromatic heterocycles. The number of H-pyrrole nitrogens is 1. The first-order valence-electron chi connectivity index (χ1n) is 10.6. The monoisotopic (exact) mass is 372 g/mol. The number of carbonyl (C=O) groups excluding carboxylic acids is 1. The number of carbonyl (C=O) groups is 1. The number of nitrogens with one attached hydrogen (secondary N) is 1. The Balaban J connectivity index is 0.000000389. The lowest BCUT2D eigenvalue weighted by atomic mass is 9.82. The zero-order valence-electron chi connectivity index (χ0n) is 17.5. The van der Waals surface area contributed by atoms with Gasteiger partial charge >= 0.3 is 0 Å². The topological polar surface area (TPSA) is 45.3 Å². The average molecular weight is 373 g/mol. The van der Waals surface area contributed by atoms with Crippen LogP contribution in [0.1, 0.15) is 70.2 Å². The van der Waals surface area contributed by atoms with Crippen molar-refractivity contribution in [1.82, 2.24) is 9.88 Å². The van der Waals surface area contributed by atoms with E-state index in [2.05, 4.69) is 45.8 Å². The zero-order chi connectivity index (χ0) is 19.6. The van der Waals surface area contributed by atoms with Crippen LogP contribution in [-0.2, 0) is 16.0 Å². The van der Waals surface area contributed by atoms with E-state index in [1.54, 1.807) is 5.56 Å². The summed E-state index contributed by atoms with van der Waals surface area (Å²) in [5, 5.41) is 1.46. The summed E-state index contributed by atoms with van der Waals surface area (Å²) in [6.07, 6.45) is 8.15. The Morgan fingerprint density at radius 3 is 2.70 bits per heavy atom. The molecule has 150 valence electrons. The van der Waals surface area contributed by atoms with Gasteiger partial charge in [-0.2, -0.15) is 0 Å². The lowest BCUT2D eigenvalue weighted by Gasteiger charge is -2.42. The van der Waals surface area contributed by atoms with Crippen molar-refractivity contribution in [3.05, 3.63) is 35.5 Å². The number of unbranched alkanes of at least 4 members (excludes halogenated alkanes) is 1. The van der Waals surface area contributed by atoms with E-state index in [4.69, 9.17) is 4.79 Å². The van der Waals surface area contributed by atoms with E-state index in [0.717, 1.165) is 5.92 Å². The van der Waals surface area contributed by atoms with E-state index in [1.807, 2.05) is 13.8 Å². The molecule has 0 amide bonds. The maximum Gasteiger partial charge on any atom is 0.292 e. The van der Waals surface area contributed by atoms with Crippen LogP contribution in [0.25, 0.3) is 10.9 Å². The van der Waals surface area contributed by atoms with Crippen molar-refractivity contribution in [2.75, 3.05) is 20.2 Å².